The Balaban J connectivity index is 1.83. The molecule has 14 heteroatoms. The summed E-state index contributed by atoms with van der Waals surface area (Å²) in [6, 6.07) is 0. The summed E-state index contributed by atoms with van der Waals surface area (Å²) in [4.78, 5) is 28.6. The number of esters is 2. The van der Waals surface area contributed by atoms with Crippen LogP contribution in [0, 0.1) is 0 Å². The van der Waals surface area contributed by atoms with Gasteiger partial charge in [-0.2, -0.15) is 0 Å². The van der Waals surface area contributed by atoms with E-state index in [1.165, 1.54) is 128 Å². The second kappa shape index (κ2) is 48.7. The van der Waals surface area contributed by atoms with Gasteiger partial charge in [-0.25, -0.2) is 4.68 Å². The Hall–Kier alpha value is -2.20. The highest BCUT2D eigenvalue weighted by atomic mass is 16.7. The van der Waals surface area contributed by atoms with Gasteiger partial charge in [-0.15, -0.1) is 5.10 Å². The van der Waals surface area contributed by atoms with E-state index in [2.05, 4.69) is 42.9 Å². The van der Waals surface area contributed by atoms with E-state index in [1.54, 1.807) is 4.68 Å². The van der Waals surface area contributed by atoms with Crippen LogP contribution >= 0.6 is 0 Å². The standard InChI is InChI=1S/C62H118N4O10/c1-5-9-13-17-23-31-39-54(40-32-24-18-14-10-6-2)74-57(68)43-35-27-21-29-37-46-65(48-45-53-51-66(64-63-53)49-50-73-62-61(72)60(71)59(70)56(52-67)76-62)47-38-30-22-28-36-44-58(69)75-55(41-33-25-19-15-11-7-3)42-34-26-20-16-12-8-4/h51,54-56,59-62,67,70-72H,5-50,52H2,1-4H3/t56-,59-,60+,61+,62+/m1/s1. The quantitative estimate of drug-likeness (QED) is 0.0357. The fourth-order valence-electron chi connectivity index (χ4n) is 10.5. The van der Waals surface area contributed by atoms with Crippen LogP contribution in [0.4, 0.5) is 0 Å². The minimum atomic E-state index is -1.49. The minimum absolute atomic E-state index is 0.0161. The molecule has 0 amide bonds. The van der Waals surface area contributed by atoms with Crippen molar-refractivity contribution < 1.29 is 49.0 Å². The van der Waals surface area contributed by atoms with Crippen LogP contribution in [0.25, 0.3) is 0 Å². The van der Waals surface area contributed by atoms with Crippen LogP contribution in [-0.2, 0) is 41.5 Å². The summed E-state index contributed by atoms with van der Waals surface area (Å²) in [7, 11) is 0. The van der Waals surface area contributed by atoms with E-state index in [0.717, 1.165) is 147 Å². The van der Waals surface area contributed by atoms with Crippen molar-refractivity contribution in [2.75, 3.05) is 32.8 Å². The first-order chi connectivity index (χ1) is 37.1. The van der Waals surface area contributed by atoms with Gasteiger partial charge in [0, 0.05) is 32.0 Å². The van der Waals surface area contributed by atoms with Gasteiger partial charge in [0.2, 0.25) is 0 Å². The van der Waals surface area contributed by atoms with Gasteiger partial charge in [-0.05, 0) is 90.1 Å². The first-order valence-electron chi connectivity index (χ1n) is 32.1. The van der Waals surface area contributed by atoms with Gasteiger partial charge in [-0.3, -0.25) is 9.59 Å². The fourth-order valence-corrected chi connectivity index (χ4v) is 10.5. The molecule has 446 valence electrons. The van der Waals surface area contributed by atoms with E-state index in [1.807, 2.05) is 6.20 Å². The molecule has 1 fully saturated rings. The van der Waals surface area contributed by atoms with Crippen LogP contribution in [0.2, 0.25) is 0 Å². The van der Waals surface area contributed by atoms with Crippen LogP contribution in [-0.4, -0.2) is 128 Å². The van der Waals surface area contributed by atoms with Crippen molar-refractivity contribution in [1.29, 1.82) is 0 Å². The van der Waals surface area contributed by atoms with Gasteiger partial charge in [0.1, 0.15) is 36.6 Å². The highest BCUT2D eigenvalue weighted by Crippen LogP contribution is 2.23. The van der Waals surface area contributed by atoms with Crippen molar-refractivity contribution in [2.45, 2.75) is 340 Å². The van der Waals surface area contributed by atoms with Crippen molar-refractivity contribution >= 4 is 11.9 Å². The topological polar surface area (TPSA) is 186 Å². The summed E-state index contributed by atoms with van der Waals surface area (Å²) in [5, 5.41) is 48.7. The smallest absolute Gasteiger partial charge is 0.306 e. The maximum atomic E-state index is 13.0. The van der Waals surface area contributed by atoms with E-state index < -0.39 is 37.3 Å². The number of unbranched alkanes of at least 4 members (excludes halogenated alkanes) is 28. The molecule has 2 rings (SSSR count). The van der Waals surface area contributed by atoms with E-state index in [-0.39, 0.29) is 30.8 Å². The number of hydrogen-bond acceptors (Lipinski definition) is 13. The average Bonchev–Trinajstić information content (AvgIpc) is 3.88. The molecule has 14 nitrogen and oxygen atoms in total. The normalized spacial score (nSPS) is 17.9. The Bertz CT molecular complexity index is 1370. The Labute approximate surface area is 464 Å². The minimum Gasteiger partial charge on any atom is -0.462 e. The van der Waals surface area contributed by atoms with Gasteiger partial charge in [-0.1, -0.05) is 200 Å². The Morgan fingerprint density at radius 1 is 0.539 bits per heavy atom. The summed E-state index contributed by atoms with van der Waals surface area (Å²) in [5.74, 6) is -0.0323. The van der Waals surface area contributed by atoms with E-state index in [9.17, 15) is 30.0 Å². The lowest BCUT2D eigenvalue weighted by molar-refractivity contribution is -0.301. The molecule has 0 spiro atoms. The zero-order chi connectivity index (χ0) is 55.1. The van der Waals surface area contributed by atoms with Crippen molar-refractivity contribution in [1.82, 2.24) is 19.9 Å². The van der Waals surface area contributed by atoms with E-state index in [0.29, 0.717) is 19.4 Å². The van der Waals surface area contributed by atoms with Crippen LogP contribution in [0.5, 0.6) is 0 Å². The monoisotopic (exact) mass is 1080 g/mol. The largest absolute Gasteiger partial charge is 0.462 e. The number of carbonyl (C=O) groups excluding carboxylic acids is 2. The molecule has 5 atom stereocenters. The predicted molar refractivity (Wildman–Crippen MR) is 307 cm³/mol. The molecule has 1 aromatic heterocycles. The van der Waals surface area contributed by atoms with Crippen molar-refractivity contribution in [3.05, 3.63) is 11.9 Å². The van der Waals surface area contributed by atoms with Gasteiger partial charge in [0.15, 0.2) is 6.29 Å². The molecule has 0 aliphatic carbocycles. The van der Waals surface area contributed by atoms with Crippen molar-refractivity contribution in [3.63, 3.8) is 0 Å². The van der Waals surface area contributed by atoms with Gasteiger partial charge in [0.25, 0.3) is 0 Å². The molecular weight excluding hydrogens is 961 g/mol. The van der Waals surface area contributed by atoms with E-state index >= 15 is 0 Å². The zero-order valence-corrected chi connectivity index (χ0v) is 49.4. The number of rotatable bonds is 54. The summed E-state index contributed by atoms with van der Waals surface area (Å²) in [5.41, 5.74) is 0.874. The zero-order valence-electron chi connectivity index (χ0n) is 49.4. The number of ether oxygens (including phenoxy) is 4. The molecule has 2 heterocycles. The number of nitrogens with zero attached hydrogens (tertiary/aromatic N) is 4. The first kappa shape index (κ1) is 69.9. The SMILES string of the molecule is CCCCCCCCC(CCCCCCCC)OC(=O)CCCCCCCN(CCCCCCCC(=O)OC(CCCCCCCC)CCCCCCCC)CCc1cn(CCO[C@H]2O[C@H](CO)[C@@H](O)[C@H](O)[C@@H]2O)nn1. The van der Waals surface area contributed by atoms with Crippen molar-refractivity contribution in [3.8, 4) is 0 Å². The van der Waals surface area contributed by atoms with Gasteiger partial charge in [0.05, 0.1) is 25.5 Å². The lowest BCUT2D eigenvalue weighted by Gasteiger charge is -2.39. The van der Waals surface area contributed by atoms with Gasteiger partial charge < -0.3 is 44.3 Å². The van der Waals surface area contributed by atoms with Crippen LogP contribution in [0.15, 0.2) is 6.20 Å². The maximum Gasteiger partial charge on any atom is 0.306 e. The molecular formula is C62H118N4O10. The molecule has 4 N–H and O–H groups in total. The Morgan fingerprint density at radius 2 is 0.934 bits per heavy atom. The maximum absolute atomic E-state index is 13.0. The fraction of sp³-hybridized carbons (Fsp3) is 0.935. The second-order valence-corrected chi connectivity index (χ2v) is 22.6. The van der Waals surface area contributed by atoms with Crippen LogP contribution in [0.3, 0.4) is 0 Å². The lowest BCUT2D eigenvalue weighted by Crippen LogP contribution is -2.59. The predicted octanol–water partition coefficient (Wildman–Crippen LogP) is 13.4. The summed E-state index contributed by atoms with van der Waals surface area (Å²) >= 11 is 0. The third-order valence-electron chi connectivity index (χ3n) is 15.5. The average molecular weight is 1080 g/mol. The third kappa shape index (κ3) is 36.1. The molecule has 1 aliphatic rings. The third-order valence-corrected chi connectivity index (χ3v) is 15.5. The second-order valence-electron chi connectivity index (χ2n) is 22.6. The lowest BCUT2D eigenvalue weighted by atomic mass is 9.99. The molecule has 76 heavy (non-hydrogen) atoms. The number of aliphatic hydroxyl groups excluding tert-OH is 4. The van der Waals surface area contributed by atoms with E-state index in [4.69, 9.17) is 18.9 Å². The number of carbonyl (C=O) groups is 2. The van der Waals surface area contributed by atoms with Crippen LogP contribution in [0.1, 0.15) is 290 Å². The summed E-state index contributed by atoms with van der Waals surface area (Å²) < 4.78 is 25.0. The number of hydrogen-bond donors (Lipinski definition) is 4. The molecule has 1 aromatic rings. The van der Waals surface area contributed by atoms with Gasteiger partial charge >= 0.3 is 11.9 Å². The molecule has 0 bridgehead atoms. The highest BCUT2D eigenvalue weighted by molar-refractivity contribution is 5.69. The molecule has 1 saturated heterocycles. The Kier molecular flexibility index (Phi) is 44.8. The molecule has 0 unspecified atom stereocenters. The first-order valence-corrected chi connectivity index (χ1v) is 32.1. The Morgan fingerprint density at radius 3 is 1.36 bits per heavy atom. The summed E-state index contributed by atoms with van der Waals surface area (Å²) in [6.45, 7) is 11.8. The molecule has 0 aromatic carbocycles. The summed E-state index contributed by atoms with van der Waals surface area (Å²) in [6.07, 6.45) is 41.8. The molecule has 1 aliphatic heterocycles. The van der Waals surface area contributed by atoms with Crippen molar-refractivity contribution in [2.24, 2.45) is 0 Å². The molecule has 0 radical (unpaired) electrons. The van der Waals surface area contributed by atoms with Crippen LogP contribution < -0.4 is 0 Å². The molecule has 0 saturated carbocycles. The highest BCUT2D eigenvalue weighted by Gasteiger charge is 2.44. The number of aromatic nitrogens is 3. The number of aliphatic hydroxyl groups is 4.